The topological polar surface area (TPSA) is 49.6 Å². The van der Waals surface area contributed by atoms with E-state index in [9.17, 15) is 4.79 Å². The third kappa shape index (κ3) is 4.08. The average Bonchev–Trinajstić information content (AvgIpc) is 3.02. The Morgan fingerprint density at radius 1 is 1.04 bits per heavy atom. The predicted molar refractivity (Wildman–Crippen MR) is 108 cm³/mol. The van der Waals surface area contributed by atoms with Crippen molar-refractivity contribution < 1.29 is 4.79 Å². The number of hydrogen-bond acceptors (Lipinski definition) is 3. The molecule has 1 aromatic rings. The zero-order valence-electron chi connectivity index (χ0n) is 15.6. The van der Waals surface area contributed by atoms with Crippen LogP contribution in [0.15, 0.2) is 30.3 Å². The van der Waals surface area contributed by atoms with Crippen LogP contribution in [0.5, 0.6) is 0 Å². The lowest BCUT2D eigenvalue weighted by Gasteiger charge is -2.44. The van der Waals surface area contributed by atoms with Crippen molar-refractivity contribution >= 4 is 18.3 Å². The van der Waals surface area contributed by atoms with Gasteiger partial charge in [-0.25, -0.2) is 0 Å². The van der Waals surface area contributed by atoms with Gasteiger partial charge in [-0.3, -0.25) is 9.69 Å². The van der Waals surface area contributed by atoms with Gasteiger partial charge in [0.1, 0.15) is 0 Å². The maximum absolute atomic E-state index is 13.0. The van der Waals surface area contributed by atoms with E-state index in [0.717, 1.165) is 25.6 Å². The highest BCUT2D eigenvalue weighted by Gasteiger charge is 2.38. The van der Waals surface area contributed by atoms with Crippen LogP contribution < -0.4 is 5.73 Å². The molecular weight excluding hydrogens is 346 g/mol. The second-order valence-electron chi connectivity index (χ2n) is 8.22. The third-order valence-corrected chi connectivity index (χ3v) is 6.59. The minimum absolute atomic E-state index is 0. The van der Waals surface area contributed by atoms with Crippen molar-refractivity contribution in [2.45, 2.75) is 56.5 Å². The van der Waals surface area contributed by atoms with Gasteiger partial charge in [-0.15, -0.1) is 12.4 Å². The Kier molecular flexibility index (Phi) is 6.60. The van der Waals surface area contributed by atoms with Crippen LogP contribution in [0, 0.1) is 5.92 Å². The normalized spacial score (nSPS) is 32.0. The maximum atomic E-state index is 13.0. The molecule has 4 atom stereocenters. The van der Waals surface area contributed by atoms with Gasteiger partial charge in [0.15, 0.2) is 0 Å². The van der Waals surface area contributed by atoms with Crippen molar-refractivity contribution in [3.63, 3.8) is 0 Å². The van der Waals surface area contributed by atoms with Crippen LogP contribution in [0.2, 0.25) is 0 Å². The van der Waals surface area contributed by atoms with Crippen LogP contribution in [-0.2, 0) is 4.79 Å². The van der Waals surface area contributed by atoms with E-state index in [4.69, 9.17) is 5.73 Å². The number of halogens is 1. The van der Waals surface area contributed by atoms with E-state index in [1.165, 1.54) is 44.1 Å². The second-order valence-corrected chi connectivity index (χ2v) is 8.22. The van der Waals surface area contributed by atoms with Crippen molar-refractivity contribution in [1.29, 1.82) is 0 Å². The zero-order chi connectivity index (χ0) is 17.2. The van der Waals surface area contributed by atoms with Crippen molar-refractivity contribution in [1.82, 2.24) is 9.80 Å². The molecule has 1 amide bonds. The standard InChI is InChI=1S/C21H31N3O.ClH/c22-19-14-23(13-18(19)16-7-2-1-3-8-16)15-21(25)24-12-6-10-17-9-4-5-11-20(17)24;/h1-3,7-8,17-20H,4-6,9-15,22H2;1H/t17?,18-,19+,20?;/m0./s1. The summed E-state index contributed by atoms with van der Waals surface area (Å²) in [5.41, 5.74) is 7.70. The number of piperidine rings is 1. The summed E-state index contributed by atoms with van der Waals surface area (Å²) in [6.07, 6.45) is 7.67. The molecule has 1 saturated carbocycles. The molecule has 4 nitrogen and oxygen atoms in total. The molecule has 0 radical (unpaired) electrons. The quantitative estimate of drug-likeness (QED) is 0.880. The molecule has 5 heteroatoms. The van der Waals surface area contributed by atoms with Gasteiger partial charge in [0.05, 0.1) is 6.54 Å². The SMILES string of the molecule is Cl.N[C@@H]1CN(CC(=O)N2CCCC3CCCCC32)C[C@H]1c1ccccc1. The predicted octanol–water partition coefficient (Wildman–Crippen LogP) is 3.02. The number of fused-ring (bicyclic) bond motifs is 1. The van der Waals surface area contributed by atoms with E-state index in [0.29, 0.717) is 24.4 Å². The maximum Gasteiger partial charge on any atom is 0.237 e. The Balaban J connectivity index is 0.00000196. The summed E-state index contributed by atoms with van der Waals surface area (Å²) < 4.78 is 0. The second kappa shape index (κ2) is 8.73. The molecule has 2 aliphatic heterocycles. The number of carbonyl (C=O) groups excluding carboxylic acids is 1. The highest BCUT2D eigenvalue weighted by atomic mass is 35.5. The molecule has 144 valence electrons. The fourth-order valence-electron chi connectivity index (χ4n) is 5.31. The molecule has 2 heterocycles. The van der Waals surface area contributed by atoms with E-state index < -0.39 is 0 Å². The molecule has 4 rings (SSSR count). The largest absolute Gasteiger partial charge is 0.338 e. The first-order valence-corrected chi connectivity index (χ1v) is 10.0. The molecule has 0 bridgehead atoms. The van der Waals surface area contributed by atoms with Gasteiger partial charge in [0, 0.05) is 37.6 Å². The summed E-state index contributed by atoms with van der Waals surface area (Å²) in [5, 5.41) is 0. The van der Waals surface area contributed by atoms with E-state index >= 15 is 0 Å². The first-order valence-electron chi connectivity index (χ1n) is 10.0. The zero-order valence-corrected chi connectivity index (χ0v) is 16.4. The summed E-state index contributed by atoms with van der Waals surface area (Å²) in [5.74, 6) is 1.43. The van der Waals surface area contributed by atoms with Gasteiger partial charge < -0.3 is 10.6 Å². The molecular formula is C21H32ClN3O. The molecule has 0 spiro atoms. The van der Waals surface area contributed by atoms with Gasteiger partial charge >= 0.3 is 0 Å². The molecule has 0 aromatic heterocycles. The van der Waals surface area contributed by atoms with Crippen LogP contribution in [0.3, 0.4) is 0 Å². The molecule has 3 fully saturated rings. The number of nitrogens with two attached hydrogens (primary N) is 1. The summed E-state index contributed by atoms with van der Waals surface area (Å²) in [7, 11) is 0. The number of benzene rings is 1. The number of nitrogens with zero attached hydrogens (tertiary/aromatic N) is 2. The number of rotatable bonds is 3. The van der Waals surface area contributed by atoms with Crippen LogP contribution in [0.1, 0.15) is 50.0 Å². The monoisotopic (exact) mass is 377 g/mol. The number of hydrogen-bond donors (Lipinski definition) is 1. The molecule has 1 aliphatic carbocycles. The van der Waals surface area contributed by atoms with Crippen molar-refractivity contribution in [3.8, 4) is 0 Å². The van der Waals surface area contributed by atoms with Gasteiger partial charge in [-0.2, -0.15) is 0 Å². The lowest BCUT2D eigenvalue weighted by molar-refractivity contribution is -0.138. The minimum Gasteiger partial charge on any atom is -0.338 e. The van der Waals surface area contributed by atoms with Gasteiger partial charge in [0.2, 0.25) is 5.91 Å². The van der Waals surface area contributed by atoms with Crippen LogP contribution in [0.4, 0.5) is 0 Å². The van der Waals surface area contributed by atoms with E-state index in [-0.39, 0.29) is 18.4 Å². The third-order valence-electron chi connectivity index (χ3n) is 6.59. The van der Waals surface area contributed by atoms with E-state index in [1.807, 2.05) is 6.07 Å². The molecule has 2 N–H and O–H groups in total. The highest BCUT2D eigenvalue weighted by molar-refractivity contribution is 5.85. The van der Waals surface area contributed by atoms with Crippen LogP contribution in [-0.4, -0.2) is 54.0 Å². The Labute approximate surface area is 163 Å². The van der Waals surface area contributed by atoms with E-state index in [2.05, 4.69) is 34.1 Å². The first-order chi connectivity index (χ1) is 12.2. The first kappa shape index (κ1) is 19.7. The van der Waals surface area contributed by atoms with Crippen molar-refractivity contribution in [3.05, 3.63) is 35.9 Å². The molecule has 3 aliphatic rings. The number of carbonyl (C=O) groups is 1. The number of likely N-dealkylation sites (tertiary alicyclic amines) is 2. The Morgan fingerprint density at radius 2 is 1.77 bits per heavy atom. The number of amides is 1. The highest BCUT2D eigenvalue weighted by Crippen LogP contribution is 2.35. The lowest BCUT2D eigenvalue weighted by atomic mass is 9.78. The Bertz CT molecular complexity index is 594. The average molecular weight is 378 g/mol. The lowest BCUT2D eigenvalue weighted by Crippen LogP contribution is -2.52. The Hall–Kier alpha value is -1.10. The summed E-state index contributed by atoms with van der Waals surface area (Å²) in [4.78, 5) is 17.5. The Morgan fingerprint density at radius 3 is 2.58 bits per heavy atom. The smallest absolute Gasteiger partial charge is 0.237 e. The van der Waals surface area contributed by atoms with Gasteiger partial charge in [0.25, 0.3) is 0 Å². The minimum atomic E-state index is 0. The summed E-state index contributed by atoms with van der Waals surface area (Å²) in [6.45, 7) is 3.23. The molecule has 2 unspecified atom stereocenters. The summed E-state index contributed by atoms with van der Waals surface area (Å²) >= 11 is 0. The molecule has 2 saturated heterocycles. The van der Waals surface area contributed by atoms with Gasteiger partial charge in [-0.05, 0) is 37.2 Å². The fraction of sp³-hybridized carbons (Fsp3) is 0.667. The van der Waals surface area contributed by atoms with Crippen molar-refractivity contribution in [2.24, 2.45) is 11.7 Å². The van der Waals surface area contributed by atoms with Gasteiger partial charge in [-0.1, -0.05) is 43.2 Å². The van der Waals surface area contributed by atoms with Crippen LogP contribution >= 0.6 is 12.4 Å². The van der Waals surface area contributed by atoms with E-state index in [1.54, 1.807) is 0 Å². The van der Waals surface area contributed by atoms with Crippen LogP contribution in [0.25, 0.3) is 0 Å². The fourth-order valence-corrected chi connectivity index (χ4v) is 5.31. The van der Waals surface area contributed by atoms with Crippen molar-refractivity contribution in [2.75, 3.05) is 26.2 Å². The summed E-state index contributed by atoms with van der Waals surface area (Å²) in [6, 6.07) is 11.2. The molecule has 26 heavy (non-hydrogen) atoms. The molecule has 1 aromatic carbocycles.